The molecular weight excluding hydrogens is 399 g/mol. The molecular formula is C24H19O5P. The van der Waals surface area contributed by atoms with E-state index in [1.807, 2.05) is 0 Å². The Bertz CT molecular complexity index is 1060. The van der Waals surface area contributed by atoms with Gasteiger partial charge in [-0.3, -0.25) is 0 Å². The van der Waals surface area contributed by atoms with Gasteiger partial charge in [0.1, 0.15) is 0 Å². The van der Waals surface area contributed by atoms with Gasteiger partial charge in [0, 0.05) is 0 Å². The molecule has 0 aromatic heterocycles. The third-order valence-corrected chi connectivity index (χ3v) is 10.1. The van der Waals surface area contributed by atoms with Crippen LogP contribution in [0.1, 0.15) is 0 Å². The van der Waals surface area contributed by atoms with E-state index in [1.54, 1.807) is 72.8 Å². The molecule has 5 nitrogen and oxygen atoms in total. The summed E-state index contributed by atoms with van der Waals surface area (Å²) >= 11 is 0. The topological polar surface area (TPSA) is 94.8 Å². The molecule has 0 radical (unpaired) electrons. The summed E-state index contributed by atoms with van der Waals surface area (Å²) in [5.74, 6) is -0.303. The van der Waals surface area contributed by atoms with Crippen LogP contribution >= 0.6 is 7.26 Å². The van der Waals surface area contributed by atoms with Gasteiger partial charge in [-0.25, -0.2) is 0 Å². The van der Waals surface area contributed by atoms with Crippen LogP contribution in [0.25, 0.3) is 0 Å². The van der Waals surface area contributed by atoms with Crippen molar-refractivity contribution in [3.05, 3.63) is 96.3 Å². The van der Waals surface area contributed by atoms with Crippen molar-refractivity contribution in [2.45, 2.75) is 0 Å². The zero-order valence-corrected chi connectivity index (χ0v) is 16.8. The standard InChI is InChI=1S/C24H19O5P/c25-16-1-8-20(9-2-16)30(21-10-3-17(26)4-11-21,22-12-5-18(27)6-13-22)24-15-19(28)7-14-23(24)29/h1-15,25-27,30H. The molecule has 1 aliphatic rings. The van der Waals surface area contributed by atoms with E-state index in [0.29, 0.717) is 5.31 Å². The van der Waals surface area contributed by atoms with Gasteiger partial charge in [-0.05, 0) is 0 Å². The minimum atomic E-state index is -3.29. The van der Waals surface area contributed by atoms with Crippen molar-refractivity contribution in [3.8, 4) is 17.2 Å². The van der Waals surface area contributed by atoms with Crippen LogP contribution < -0.4 is 15.9 Å². The van der Waals surface area contributed by atoms with E-state index >= 15 is 0 Å². The summed E-state index contributed by atoms with van der Waals surface area (Å²) in [6.07, 6.45) is 3.90. The summed E-state index contributed by atoms with van der Waals surface area (Å²) < 4.78 is 0. The molecule has 3 N–H and O–H groups in total. The van der Waals surface area contributed by atoms with Crippen LogP contribution in [0.3, 0.4) is 0 Å². The van der Waals surface area contributed by atoms with Crippen molar-refractivity contribution in [1.29, 1.82) is 0 Å². The van der Waals surface area contributed by atoms with Crippen LogP contribution in [0, 0.1) is 0 Å². The first kappa shape index (κ1) is 19.6. The van der Waals surface area contributed by atoms with E-state index in [2.05, 4.69) is 0 Å². The molecule has 0 amide bonds. The molecule has 0 aliphatic heterocycles. The molecule has 0 heterocycles. The van der Waals surface area contributed by atoms with E-state index in [1.165, 1.54) is 18.2 Å². The number of ketones is 2. The summed E-state index contributed by atoms with van der Waals surface area (Å²) in [6, 6.07) is 19.8. The van der Waals surface area contributed by atoms with Crippen LogP contribution in [0.4, 0.5) is 0 Å². The number of aromatic hydroxyl groups is 3. The summed E-state index contributed by atoms with van der Waals surface area (Å²) in [5.41, 5.74) is 0. The molecule has 0 spiro atoms. The second kappa shape index (κ2) is 7.62. The Balaban J connectivity index is 2.14. The van der Waals surface area contributed by atoms with Crippen molar-refractivity contribution in [2.75, 3.05) is 0 Å². The van der Waals surface area contributed by atoms with Crippen LogP contribution in [0.15, 0.2) is 96.3 Å². The second-order valence-corrected chi connectivity index (χ2v) is 10.8. The molecule has 4 rings (SSSR count). The number of allylic oxidation sites excluding steroid dienone is 4. The Kier molecular flexibility index (Phi) is 4.98. The van der Waals surface area contributed by atoms with E-state index < -0.39 is 7.26 Å². The normalized spacial score (nSPS) is 14.5. The number of hydrogen-bond acceptors (Lipinski definition) is 5. The fraction of sp³-hybridized carbons (Fsp3) is 0. The molecule has 0 saturated heterocycles. The fourth-order valence-corrected chi connectivity index (χ4v) is 8.65. The third-order valence-electron chi connectivity index (χ3n) is 5.26. The van der Waals surface area contributed by atoms with Crippen LogP contribution in [0.2, 0.25) is 0 Å². The number of benzene rings is 3. The average Bonchev–Trinajstić information content (AvgIpc) is 2.74. The van der Waals surface area contributed by atoms with Gasteiger partial charge in [0.05, 0.1) is 0 Å². The number of hydrogen-bond donors (Lipinski definition) is 3. The first-order valence-electron chi connectivity index (χ1n) is 9.28. The Labute approximate surface area is 173 Å². The average molecular weight is 418 g/mol. The number of rotatable bonds is 4. The van der Waals surface area contributed by atoms with Crippen molar-refractivity contribution in [1.82, 2.24) is 0 Å². The quantitative estimate of drug-likeness (QED) is 0.447. The molecule has 0 fully saturated rings. The molecule has 0 unspecified atom stereocenters. The van der Waals surface area contributed by atoms with E-state index in [4.69, 9.17) is 0 Å². The van der Waals surface area contributed by atoms with Crippen LogP contribution in [-0.4, -0.2) is 26.9 Å². The van der Waals surface area contributed by atoms with E-state index in [9.17, 15) is 24.9 Å². The Morgan fingerprint density at radius 3 is 1.27 bits per heavy atom. The summed E-state index contributed by atoms with van der Waals surface area (Å²) in [6.45, 7) is 0. The zero-order valence-electron chi connectivity index (χ0n) is 15.8. The predicted octanol–water partition coefficient (Wildman–Crippen LogP) is 2.42. The Morgan fingerprint density at radius 1 is 0.533 bits per heavy atom. The molecule has 0 bridgehead atoms. The van der Waals surface area contributed by atoms with E-state index in [-0.39, 0.29) is 28.8 Å². The zero-order chi connectivity index (χ0) is 21.3. The number of carbonyl (C=O) groups excluding carboxylic acids is 2. The first-order valence-corrected chi connectivity index (χ1v) is 11.3. The summed E-state index contributed by atoms with van der Waals surface area (Å²) in [5, 5.41) is 32.2. The monoisotopic (exact) mass is 418 g/mol. The first-order chi connectivity index (χ1) is 14.4. The van der Waals surface area contributed by atoms with Gasteiger partial charge in [-0.15, -0.1) is 0 Å². The summed E-state index contributed by atoms with van der Waals surface area (Å²) in [7, 11) is -3.29. The van der Waals surface area contributed by atoms with Gasteiger partial charge in [0.25, 0.3) is 0 Å². The Morgan fingerprint density at radius 2 is 0.900 bits per heavy atom. The van der Waals surface area contributed by atoms with Gasteiger partial charge in [-0.1, -0.05) is 0 Å². The number of carbonyl (C=O) groups is 2. The SMILES string of the molecule is O=C1C=CC(=O)C([PH](c2ccc(O)cc2)(c2ccc(O)cc2)c2ccc(O)cc2)=C1. The third kappa shape index (κ3) is 3.30. The maximum atomic E-state index is 13.1. The molecule has 150 valence electrons. The molecule has 1 aliphatic carbocycles. The summed E-state index contributed by atoms with van der Waals surface area (Å²) in [4.78, 5) is 25.4. The fourth-order valence-electron chi connectivity index (χ4n) is 3.90. The molecule has 3 aromatic rings. The van der Waals surface area contributed by atoms with Crippen molar-refractivity contribution >= 4 is 34.7 Å². The Hall–Kier alpha value is -3.69. The van der Waals surface area contributed by atoms with Gasteiger partial charge >= 0.3 is 173 Å². The van der Waals surface area contributed by atoms with Crippen LogP contribution in [-0.2, 0) is 9.59 Å². The molecule has 3 aromatic carbocycles. The number of phenols is 3. The molecule has 6 heteroatoms. The van der Waals surface area contributed by atoms with Gasteiger partial charge in [0.15, 0.2) is 0 Å². The van der Waals surface area contributed by atoms with Gasteiger partial charge in [0.2, 0.25) is 0 Å². The van der Waals surface area contributed by atoms with E-state index in [0.717, 1.165) is 15.9 Å². The number of phenolic OH excluding ortho intramolecular Hbond substituents is 3. The van der Waals surface area contributed by atoms with Crippen molar-refractivity contribution in [2.24, 2.45) is 0 Å². The minimum absolute atomic E-state index is 0.0815. The predicted molar refractivity (Wildman–Crippen MR) is 119 cm³/mol. The van der Waals surface area contributed by atoms with Crippen molar-refractivity contribution < 1.29 is 24.9 Å². The van der Waals surface area contributed by atoms with Gasteiger partial charge in [-0.2, -0.15) is 0 Å². The van der Waals surface area contributed by atoms with Crippen molar-refractivity contribution in [3.63, 3.8) is 0 Å². The van der Waals surface area contributed by atoms with Crippen LogP contribution in [0.5, 0.6) is 17.2 Å². The van der Waals surface area contributed by atoms with Gasteiger partial charge < -0.3 is 0 Å². The molecule has 0 atom stereocenters. The maximum absolute atomic E-state index is 13.1. The second-order valence-electron chi connectivity index (χ2n) is 7.05. The molecule has 0 saturated carbocycles. The molecule has 30 heavy (non-hydrogen) atoms.